The predicted octanol–water partition coefficient (Wildman–Crippen LogP) is 10.7. The fraction of sp³-hybridized carbons (Fsp3) is 0. The molecule has 3 heteroatoms. The van der Waals surface area contributed by atoms with Crippen LogP contribution in [0.4, 0.5) is 8.78 Å². The molecule has 8 rings (SSSR count). The molecule has 0 amide bonds. The van der Waals surface area contributed by atoms with Crippen molar-refractivity contribution in [2.75, 3.05) is 0 Å². The summed E-state index contributed by atoms with van der Waals surface area (Å²) in [6.07, 6.45) is 0. The highest BCUT2D eigenvalue weighted by Crippen LogP contribution is 2.44. The molecule has 1 heterocycles. The minimum absolute atomic E-state index is 0.269. The normalized spacial score (nSPS) is 11.7. The van der Waals surface area contributed by atoms with Gasteiger partial charge in [0.1, 0.15) is 11.6 Å². The second kappa shape index (κ2) is 9.14. The van der Waals surface area contributed by atoms with Crippen molar-refractivity contribution < 1.29 is 8.78 Å². The Hall–Kier alpha value is -5.28. The molecule has 41 heavy (non-hydrogen) atoms. The summed E-state index contributed by atoms with van der Waals surface area (Å²) in [4.78, 5) is 0. The molecule has 194 valence electrons. The van der Waals surface area contributed by atoms with Crippen molar-refractivity contribution in [2.45, 2.75) is 0 Å². The van der Waals surface area contributed by atoms with E-state index in [4.69, 9.17) is 0 Å². The highest BCUT2D eigenvalue weighted by atomic mass is 19.1. The van der Waals surface area contributed by atoms with Gasteiger partial charge < -0.3 is 4.57 Å². The smallest absolute Gasteiger partial charge is 0.131 e. The van der Waals surface area contributed by atoms with Crippen LogP contribution in [0.25, 0.3) is 71.3 Å². The van der Waals surface area contributed by atoms with Crippen LogP contribution in [-0.2, 0) is 0 Å². The van der Waals surface area contributed by atoms with E-state index in [1.165, 1.54) is 33.9 Å². The number of aromatic nitrogens is 1. The molecule has 1 nitrogen and oxygen atoms in total. The van der Waals surface area contributed by atoms with Crippen LogP contribution in [0.5, 0.6) is 0 Å². The second-order valence-corrected chi connectivity index (χ2v) is 10.4. The minimum Gasteiger partial charge on any atom is -0.309 e. The van der Waals surface area contributed by atoms with E-state index in [1.807, 2.05) is 36.4 Å². The summed E-state index contributed by atoms with van der Waals surface area (Å²) in [5.74, 6) is -0.899. The third kappa shape index (κ3) is 3.59. The Balaban J connectivity index is 1.38. The van der Waals surface area contributed by atoms with E-state index in [2.05, 4.69) is 89.5 Å². The maximum Gasteiger partial charge on any atom is 0.131 e. The van der Waals surface area contributed by atoms with Gasteiger partial charge in [0.15, 0.2) is 0 Å². The Morgan fingerprint density at radius 3 is 1.41 bits per heavy atom. The summed E-state index contributed by atoms with van der Waals surface area (Å²) in [5, 5.41) is 6.21. The van der Waals surface area contributed by atoms with E-state index in [0.717, 1.165) is 44.4 Å². The maximum absolute atomic E-state index is 15.2. The zero-order chi connectivity index (χ0) is 27.5. The second-order valence-electron chi connectivity index (χ2n) is 10.4. The molecule has 0 saturated carbocycles. The predicted molar refractivity (Wildman–Crippen MR) is 167 cm³/mol. The quantitative estimate of drug-likeness (QED) is 0.200. The molecule has 0 aliphatic heterocycles. The lowest BCUT2D eigenvalue weighted by Crippen LogP contribution is -1.95. The molecule has 0 radical (unpaired) electrons. The van der Waals surface area contributed by atoms with Crippen LogP contribution in [0.3, 0.4) is 0 Å². The first-order valence-electron chi connectivity index (χ1n) is 13.7. The molecule has 0 N–H and O–H groups in total. The molecule has 0 aliphatic rings. The molecule has 0 fully saturated rings. The van der Waals surface area contributed by atoms with Gasteiger partial charge in [-0.15, -0.1) is 0 Å². The van der Waals surface area contributed by atoms with Gasteiger partial charge in [0.2, 0.25) is 0 Å². The SMILES string of the molecule is Fc1ccc(F)c(-c2c3ccccc3c(-c3ccc(-n4c5ccccc5c5ccccc54)cc3)c3ccccc23)c1. The van der Waals surface area contributed by atoms with Crippen molar-refractivity contribution in [3.8, 4) is 27.9 Å². The van der Waals surface area contributed by atoms with Crippen LogP contribution >= 0.6 is 0 Å². The van der Waals surface area contributed by atoms with E-state index in [1.54, 1.807) is 0 Å². The van der Waals surface area contributed by atoms with Gasteiger partial charge in [0, 0.05) is 27.6 Å². The summed E-state index contributed by atoms with van der Waals surface area (Å²) < 4.78 is 31.8. The molecule has 0 unspecified atom stereocenters. The van der Waals surface area contributed by atoms with Gasteiger partial charge in [-0.25, -0.2) is 8.78 Å². The molecule has 0 spiro atoms. The van der Waals surface area contributed by atoms with Crippen LogP contribution in [0, 0.1) is 11.6 Å². The molecule has 1 aromatic heterocycles. The number of hydrogen-bond donors (Lipinski definition) is 0. The first-order valence-corrected chi connectivity index (χ1v) is 13.7. The van der Waals surface area contributed by atoms with Gasteiger partial charge in [-0.2, -0.15) is 0 Å². The van der Waals surface area contributed by atoms with Crippen molar-refractivity contribution in [1.82, 2.24) is 4.57 Å². The topological polar surface area (TPSA) is 4.93 Å². The molecular formula is C38H23F2N. The van der Waals surface area contributed by atoms with Crippen molar-refractivity contribution in [2.24, 2.45) is 0 Å². The van der Waals surface area contributed by atoms with E-state index >= 15 is 4.39 Å². The minimum atomic E-state index is -0.459. The Morgan fingerprint density at radius 1 is 0.415 bits per heavy atom. The van der Waals surface area contributed by atoms with Gasteiger partial charge in [-0.05, 0) is 75.1 Å². The summed E-state index contributed by atoms with van der Waals surface area (Å²) in [6, 6.07) is 45.3. The molecule has 0 saturated heterocycles. The number of rotatable bonds is 3. The van der Waals surface area contributed by atoms with Gasteiger partial charge in [0.25, 0.3) is 0 Å². The van der Waals surface area contributed by atoms with Crippen LogP contribution < -0.4 is 0 Å². The lowest BCUT2D eigenvalue weighted by Gasteiger charge is -2.18. The summed E-state index contributed by atoms with van der Waals surface area (Å²) in [5.41, 5.74) is 6.53. The Bertz CT molecular complexity index is 2170. The van der Waals surface area contributed by atoms with Gasteiger partial charge >= 0.3 is 0 Å². The number of fused-ring (bicyclic) bond motifs is 5. The highest BCUT2D eigenvalue weighted by molar-refractivity contribution is 6.21. The zero-order valence-corrected chi connectivity index (χ0v) is 22.0. The molecule has 7 aromatic carbocycles. The Morgan fingerprint density at radius 2 is 0.878 bits per heavy atom. The fourth-order valence-electron chi connectivity index (χ4n) is 6.40. The van der Waals surface area contributed by atoms with Crippen molar-refractivity contribution in [3.05, 3.63) is 151 Å². The number of nitrogens with zero attached hydrogens (tertiary/aromatic N) is 1. The molecular weight excluding hydrogens is 508 g/mol. The Labute approximate surface area is 235 Å². The van der Waals surface area contributed by atoms with Crippen LogP contribution in [-0.4, -0.2) is 4.57 Å². The van der Waals surface area contributed by atoms with Crippen LogP contribution in [0.2, 0.25) is 0 Å². The first kappa shape index (κ1) is 23.6. The molecule has 0 atom stereocenters. The van der Waals surface area contributed by atoms with Crippen molar-refractivity contribution in [3.63, 3.8) is 0 Å². The van der Waals surface area contributed by atoms with E-state index in [-0.39, 0.29) is 5.56 Å². The standard InChI is InChI=1S/C38H23F2N/c39-25-19-22-34(40)33(23-25)38-31-13-3-1-11-29(31)37(30-12-2-4-14-32(30)38)24-17-20-26(21-18-24)41-35-15-7-5-9-27(35)28-10-6-8-16-36(28)41/h1-23H. The van der Waals surface area contributed by atoms with E-state index in [9.17, 15) is 4.39 Å². The van der Waals surface area contributed by atoms with E-state index < -0.39 is 11.6 Å². The zero-order valence-electron chi connectivity index (χ0n) is 22.0. The summed E-state index contributed by atoms with van der Waals surface area (Å²) in [7, 11) is 0. The first-order chi connectivity index (χ1) is 20.2. The van der Waals surface area contributed by atoms with Crippen molar-refractivity contribution in [1.29, 1.82) is 0 Å². The molecule has 8 aromatic rings. The maximum atomic E-state index is 15.2. The lowest BCUT2D eigenvalue weighted by molar-refractivity contribution is 0.603. The fourth-order valence-corrected chi connectivity index (χ4v) is 6.40. The molecule has 0 aliphatic carbocycles. The monoisotopic (exact) mass is 531 g/mol. The van der Waals surface area contributed by atoms with Gasteiger partial charge in [-0.3, -0.25) is 0 Å². The van der Waals surface area contributed by atoms with Crippen LogP contribution in [0.1, 0.15) is 0 Å². The number of benzene rings is 7. The van der Waals surface area contributed by atoms with Gasteiger partial charge in [-0.1, -0.05) is 97.1 Å². The third-order valence-electron chi connectivity index (χ3n) is 8.12. The van der Waals surface area contributed by atoms with E-state index in [0.29, 0.717) is 5.56 Å². The highest BCUT2D eigenvalue weighted by Gasteiger charge is 2.19. The molecule has 0 bridgehead atoms. The third-order valence-corrected chi connectivity index (χ3v) is 8.12. The number of hydrogen-bond acceptors (Lipinski definition) is 0. The summed E-state index contributed by atoms with van der Waals surface area (Å²) >= 11 is 0. The average Bonchev–Trinajstić information content (AvgIpc) is 3.36. The summed E-state index contributed by atoms with van der Waals surface area (Å²) in [6.45, 7) is 0. The number of para-hydroxylation sites is 2. The number of halogens is 2. The largest absolute Gasteiger partial charge is 0.309 e. The Kier molecular flexibility index (Phi) is 5.26. The van der Waals surface area contributed by atoms with Crippen molar-refractivity contribution >= 4 is 43.4 Å². The average molecular weight is 532 g/mol. The van der Waals surface area contributed by atoms with Crippen LogP contribution in [0.15, 0.2) is 140 Å². The van der Waals surface area contributed by atoms with Gasteiger partial charge in [0.05, 0.1) is 11.0 Å². The lowest BCUT2D eigenvalue weighted by atomic mass is 9.86.